The predicted molar refractivity (Wildman–Crippen MR) is 52.1 cm³/mol. The van der Waals surface area contributed by atoms with Crippen LogP contribution in [0.25, 0.3) is 0 Å². The summed E-state index contributed by atoms with van der Waals surface area (Å²) in [4.78, 5) is 11.0. The first-order valence-electron chi connectivity index (χ1n) is 5.51. The first-order valence-corrected chi connectivity index (χ1v) is 5.51. The van der Waals surface area contributed by atoms with Gasteiger partial charge in [-0.1, -0.05) is 19.3 Å². The highest BCUT2D eigenvalue weighted by Crippen LogP contribution is 2.50. The van der Waals surface area contributed by atoms with Crippen LogP contribution in [0.4, 0.5) is 0 Å². The summed E-state index contributed by atoms with van der Waals surface area (Å²) in [5.74, 6) is 0.126. The van der Waals surface area contributed by atoms with E-state index in [-0.39, 0.29) is 11.8 Å². The van der Waals surface area contributed by atoms with Gasteiger partial charge in [0, 0.05) is 5.92 Å². The quantitative estimate of drug-likeness (QED) is 0.662. The number of carbonyl (C=O) groups excluding carboxylic acids is 1. The Balaban J connectivity index is 1.98. The van der Waals surface area contributed by atoms with Crippen LogP contribution < -0.4 is 5.73 Å². The Hall–Kier alpha value is -0.530. The zero-order chi connectivity index (χ0) is 9.31. The van der Waals surface area contributed by atoms with E-state index in [1.807, 2.05) is 0 Å². The van der Waals surface area contributed by atoms with Gasteiger partial charge in [0.2, 0.25) is 5.91 Å². The van der Waals surface area contributed by atoms with Crippen molar-refractivity contribution in [3.05, 3.63) is 0 Å². The second-order valence-corrected chi connectivity index (χ2v) is 4.90. The second kappa shape index (κ2) is 3.32. The first kappa shape index (κ1) is 9.04. The summed E-state index contributed by atoms with van der Waals surface area (Å²) in [6.07, 6.45) is 10.2. The average molecular weight is 181 g/mol. The molecule has 0 aromatic carbocycles. The lowest BCUT2D eigenvalue weighted by atomic mass is 9.72. The third-order valence-electron chi connectivity index (χ3n) is 4.02. The van der Waals surface area contributed by atoms with Crippen molar-refractivity contribution in [2.24, 2.45) is 17.1 Å². The molecular formula is C11H19NO. The van der Waals surface area contributed by atoms with Gasteiger partial charge in [0.25, 0.3) is 0 Å². The van der Waals surface area contributed by atoms with Crippen molar-refractivity contribution in [3.63, 3.8) is 0 Å². The zero-order valence-electron chi connectivity index (χ0n) is 8.22. The van der Waals surface area contributed by atoms with E-state index in [2.05, 4.69) is 0 Å². The van der Waals surface area contributed by atoms with Crippen LogP contribution in [0.5, 0.6) is 0 Å². The zero-order valence-corrected chi connectivity index (χ0v) is 8.22. The summed E-state index contributed by atoms with van der Waals surface area (Å²) < 4.78 is 0. The van der Waals surface area contributed by atoms with Crippen molar-refractivity contribution in [1.29, 1.82) is 0 Å². The molecule has 2 nitrogen and oxygen atoms in total. The van der Waals surface area contributed by atoms with E-state index in [1.165, 1.54) is 38.5 Å². The van der Waals surface area contributed by atoms with Gasteiger partial charge in [0.1, 0.15) is 0 Å². The molecule has 0 aromatic rings. The summed E-state index contributed by atoms with van der Waals surface area (Å²) >= 11 is 0. The van der Waals surface area contributed by atoms with Crippen LogP contribution in [0, 0.1) is 11.3 Å². The molecule has 0 aromatic heterocycles. The fraction of sp³-hybridized carbons (Fsp3) is 0.909. The normalized spacial score (nSPS) is 32.2. The SMILES string of the molecule is NC(=O)C1CCC2(CCCCC2)C1. The molecule has 2 aliphatic rings. The largest absolute Gasteiger partial charge is 0.369 e. The minimum Gasteiger partial charge on any atom is -0.369 e. The molecule has 2 saturated carbocycles. The van der Waals surface area contributed by atoms with E-state index in [0.29, 0.717) is 5.41 Å². The maximum absolute atomic E-state index is 11.0. The molecule has 2 heteroatoms. The number of rotatable bonds is 1. The molecule has 2 N–H and O–H groups in total. The number of nitrogens with two attached hydrogens (primary N) is 1. The fourth-order valence-electron chi connectivity index (χ4n) is 3.21. The van der Waals surface area contributed by atoms with Gasteiger partial charge in [0.05, 0.1) is 0 Å². The summed E-state index contributed by atoms with van der Waals surface area (Å²) in [6.45, 7) is 0. The van der Waals surface area contributed by atoms with Crippen LogP contribution in [0.3, 0.4) is 0 Å². The van der Waals surface area contributed by atoms with Crippen molar-refractivity contribution >= 4 is 5.91 Å². The Morgan fingerprint density at radius 2 is 1.85 bits per heavy atom. The van der Waals surface area contributed by atoms with Gasteiger partial charge in [-0.25, -0.2) is 0 Å². The van der Waals surface area contributed by atoms with E-state index >= 15 is 0 Å². The lowest BCUT2D eigenvalue weighted by Crippen LogP contribution is -2.25. The molecule has 1 unspecified atom stereocenters. The Morgan fingerprint density at radius 3 is 2.38 bits per heavy atom. The molecule has 2 aliphatic carbocycles. The Labute approximate surface area is 79.9 Å². The fourth-order valence-corrected chi connectivity index (χ4v) is 3.21. The molecule has 0 radical (unpaired) electrons. The van der Waals surface area contributed by atoms with Crippen molar-refractivity contribution in [2.75, 3.05) is 0 Å². The van der Waals surface area contributed by atoms with Gasteiger partial charge in [-0.05, 0) is 37.5 Å². The highest BCUT2D eigenvalue weighted by molar-refractivity contribution is 5.77. The van der Waals surface area contributed by atoms with Crippen molar-refractivity contribution < 1.29 is 4.79 Å². The highest BCUT2D eigenvalue weighted by atomic mass is 16.1. The maximum atomic E-state index is 11.0. The van der Waals surface area contributed by atoms with E-state index in [4.69, 9.17) is 5.73 Å². The molecule has 1 spiro atoms. The minimum atomic E-state index is -0.0672. The highest BCUT2D eigenvalue weighted by Gasteiger charge is 2.41. The molecule has 2 rings (SSSR count). The lowest BCUT2D eigenvalue weighted by Gasteiger charge is -2.33. The van der Waals surface area contributed by atoms with Crippen LogP contribution in [0.1, 0.15) is 51.4 Å². The van der Waals surface area contributed by atoms with Crippen LogP contribution in [0.2, 0.25) is 0 Å². The van der Waals surface area contributed by atoms with Gasteiger partial charge in [-0.3, -0.25) is 4.79 Å². The summed E-state index contributed by atoms with van der Waals surface area (Å²) in [5.41, 5.74) is 5.87. The Morgan fingerprint density at radius 1 is 1.15 bits per heavy atom. The molecule has 1 atom stereocenters. The molecule has 2 fully saturated rings. The van der Waals surface area contributed by atoms with E-state index in [9.17, 15) is 4.79 Å². The number of hydrogen-bond donors (Lipinski definition) is 1. The van der Waals surface area contributed by atoms with Crippen LogP contribution in [-0.2, 0) is 4.79 Å². The van der Waals surface area contributed by atoms with E-state index < -0.39 is 0 Å². The standard InChI is InChI=1S/C11H19NO/c12-10(13)9-4-7-11(8-9)5-2-1-3-6-11/h9H,1-8H2,(H2,12,13). The number of amides is 1. The van der Waals surface area contributed by atoms with Crippen molar-refractivity contribution in [3.8, 4) is 0 Å². The molecule has 74 valence electrons. The van der Waals surface area contributed by atoms with Crippen LogP contribution in [-0.4, -0.2) is 5.91 Å². The van der Waals surface area contributed by atoms with Crippen molar-refractivity contribution in [2.45, 2.75) is 51.4 Å². The Kier molecular flexibility index (Phi) is 2.31. The van der Waals surface area contributed by atoms with E-state index in [1.54, 1.807) is 0 Å². The monoisotopic (exact) mass is 181 g/mol. The topological polar surface area (TPSA) is 43.1 Å². The third kappa shape index (κ3) is 1.72. The second-order valence-electron chi connectivity index (χ2n) is 4.90. The van der Waals surface area contributed by atoms with Gasteiger partial charge in [0.15, 0.2) is 0 Å². The van der Waals surface area contributed by atoms with Crippen molar-refractivity contribution in [1.82, 2.24) is 0 Å². The average Bonchev–Trinajstić information content (AvgIpc) is 2.51. The molecule has 0 aliphatic heterocycles. The third-order valence-corrected chi connectivity index (χ3v) is 4.02. The summed E-state index contributed by atoms with van der Waals surface area (Å²) in [5, 5.41) is 0. The number of primary amides is 1. The van der Waals surface area contributed by atoms with Gasteiger partial charge in [-0.15, -0.1) is 0 Å². The van der Waals surface area contributed by atoms with Gasteiger partial charge < -0.3 is 5.73 Å². The van der Waals surface area contributed by atoms with Gasteiger partial charge >= 0.3 is 0 Å². The molecule has 0 bridgehead atoms. The van der Waals surface area contributed by atoms with Gasteiger partial charge in [-0.2, -0.15) is 0 Å². The minimum absolute atomic E-state index is 0.0672. The summed E-state index contributed by atoms with van der Waals surface area (Å²) in [7, 11) is 0. The maximum Gasteiger partial charge on any atom is 0.220 e. The molecule has 0 heterocycles. The smallest absolute Gasteiger partial charge is 0.220 e. The molecular weight excluding hydrogens is 162 g/mol. The van der Waals surface area contributed by atoms with Crippen LogP contribution >= 0.6 is 0 Å². The lowest BCUT2D eigenvalue weighted by molar-refractivity contribution is -0.121. The predicted octanol–water partition coefficient (Wildman–Crippen LogP) is 2.22. The first-order chi connectivity index (χ1) is 6.22. The summed E-state index contributed by atoms with van der Waals surface area (Å²) in [6, 6.07) is 0. The van der Waals surface area contributed by atoms with E-state index in [0.717, 1.165) is 12.8 Å². The molecule has 0 saturated heterocycles. The van der Waals surface area contributed by atoms with Crippen LogP contribution in [0.15, 0.2) is 0 Å². The Bertz CT molecular complexity index is 206. The molecule has 1 amide bonds. The molecule has 13 heavy (non-hydrogen) atoms. The number of hydrogen-bond acceptors (Lipinski definition) is 1. The number of carbonyl (C=O) groups is 1.